The maximum Gasteiger partial charge on any atom is 0.251 e. The zero-order chi connectivity index (χ0) is 25.4. The van der Waals surface area contributed by atoms with Crippen molar-refractivity contribution in [2.24, 2.45) is 5.73 Å². The number of aliphatic hydroxyl groups is 1. The summed E-state index contributed by atoms with van der Waals surface area (Å²) in [6, 6.07) is 11.7. The molecule has 0 atom stereocenters. The second-order valence-electron chi connectivity index (χ2n) is 9.63. The van der Waals surface area contributed by atoms with E-state index in [1.807, 2.05) is 18.8 Å². The molecule has 1 amide bonds. The molecule has 0 aliphatic carbocycles. The van der Waals surface area contributed by atoms with Crippen molar-refractivity contribution in [1.29, 1.82) is 0 Å². The normalized spacial score (nSPS) is 16.3. The highest BCUT2D eigenvalue weighted by Gasteiger charge is 2.24. The number of carbonyl (C=O) groups excluding carboxylic acids is 1. The van der Waals surface area contributed by atoms with Crippen LogP contribution in [0.25, 0.3) is 10.4 Å². The summed E-state index contributed by atoms with van der Waals surface area (Å²) in [6.45, 7) is 7.26. The number of benzene rings is 1. The number of anilines is 2. The van der Waals surface area contributed by atoms with E-state index in [1.165, 1.54) is 17.4 Å². The topological polar surface area (TPSA) is 109 Å². The van der Waals surface area contributed by atoms with Gasteiger partial charge in [-0.2, -0.15) is 0 Å². The summed E-state index contributed by atoms with van der Waals surface area (Å²) in [5, 5.41) is 13.8. The van der Waals surface area contributed by atoms with E-state index in [2.05, 4.69) is 15.2 Å². The number of hydrogen-bond donors (Lipinski definition) is 3. The maximum atomic E-state index is 14.9. The third-order valence-corrected chi connectivity index (χ3v) is 9.53. The second kappa shape index (κ2) is 9.82. The van der Waals surface area contributed by atoms with Crippen LogP contribution in [0.1, 0.15) is 35.5 Å². The van der Waals surface area contributed by atoms with E-state index in [4.69, 9.17) is 5.73 Å². The van der Waals surface area contributed by atoms with Crippen LogP contribution in [0.4, 0.5) is 15.2 Å². The van der Waals surface area contributed by atoms with Gasteiger partial charge in [-0.3, -0.25) is 9.69 Å². The van der Waals surface area contributed by atoms with Crippen molar-refractivity contribution in [3.05, 3.63) is 65.1 Å². The maximum absolute atomic E-state index is 14.9. The molecule has 1 saturated heterocycles. The van der Waals surface area contributed by atoms with Crippen LogP contribution in [0.5, 0.6) is 0 Å². The molecular weight excluding hydrogens is 486 g/mol. The molecule has 0 unspecified atom stereocenters. The van der Waals surface area contributed by atoms with E-state index in [0.717, 1.165) is 31.1 Å². The highest BCUT2D eigenvalue weighted by atomic mass is 32.1. The quantitative estimate of drug-likeness (QED) is 0.388. The summed E-state index contributed by atoms with van der Waals surface area (Å²) >= 11 is 1.21. The molecule has 1 aliphatic heterocycles. The van der Waals surface area contributed by atoms with E-state index in [1.54, 1.807) is 38.1 Å². The molecule has 2 aromatic heterocycles. The molecule has 4 rings (SSSR count). The summed E-state index contributed by atoms with van der Waals surface area (Å²) in [5.74, 6) is -0.571. The lowest BCUT2D eigenvalue weighted by Crippen LogP contribution is -2.34. The number of nitrogens with two attached hydrogens (primary N) is 1. The predicted molar refractivity (Wildman–Crippen MR) is 140 cm³/mol. The van der Waals surface area contributed by atoms with Gasteiger partial charge in [-0.15, -0.1) is 11.3 Å². The zero-order valence-electron chi connectivity index (χ0n) is 20.0. The molecule has 1 fully saturated rings. The Morgan fingerprint density at radius 1 is 1.26 bits per heavy atom. The second-order valence-corrected chi connectivity index (χ2v) is 14.2. The molecule has 10 heteroatoms. The van der Waals surface area contributed by atoms with Crippen LogP contribution in [0.2, 0.25) is 0 Å². The summed E-state index contributed by atoms with van der Waals surface area (Å²) in [4.78, 5) is 19.6. The first-order valence-electron chi connectivity index (χ1n) is 11.4. The van der Waals surface area contributed by atoms with Crippen molar-refractivity contribution in [1.82, 2.24) is 9.88 Å². The Labute approximate surface area is 208 Å². The van der Waals surface area contributed by atoms with Gasteiger partial charge >= 0.3 is 0 Å². The van der Waals surface area contributed by atoms with Crippen LogP contribution in [0.15, 0.2) is 42.5 Å². The first kappa shape index (κ1) is 25.5. The molecule has 3 aromatic rings. The Hall–Kier alpha value is -2.58. The van der Waals surface area contributed by atoms with Gasteiger partial charge in [-0.1, -0.05) is 18.2 Å². The van der Waals surface area contributed by atoms with Crippen molar-refractivity contribution < 1.29 is 18.9 Å². The molecule has 4 N–H and O–H groups in total. The molecule has 0 radical (unpaired) electrons. The summed E-state index contributed by atoms with van der Waals surface area (Å²) in [6.07, 6.45) is 1.44. The van der Waals surface area contributed by atoms with Crippen LogP contribution >= 0.6 is 18.5 Å². The molecular formula is C25H30FN4O3PS. The number of pyridine rings is 1. The number of nitrogens with one attached hydrogen (secondary N) is 1. The minimum absolute atomic E-state index is 0.248. The zero-order valence-corrected chi connectivity index (χ0v) is 21.8. The lowest BCUT2D eigenvalue weighted by molar-refractivity contribution is 0.0782. The summed E-state index contributed by atoms with van der Waals surface area (Å²) in [5.41, 5.74) is 6.32. The van der Waals surface area contributed by atoms with E-state index in [0.29, 0.717) is 33.4 Å². The Morgan fingerprint density at radius 2 is 1.97 bits per heavy atom. The average molecular weight is 517 g/mol. The fourth-order valence-corrected chi connectivity index (χ4v) is 6.70. The molecule has 1 aliphatic rings. The molecule has 0 bridgehead atoms. The number of halogens is 1. The highest BCUT2D eigenvalue weighted by Crippen LogP contribution is 2.43. The monoisotopic (exact) mass is 516 g/mol. The van der Waals surface area contributed by atoms with Crippen molar-refractivity contribution in [3.8, 4) is 10.4 Å². The van der Waals surface area contributed by atoms with E-state index in [9.17, 15) is 18.9 Å². The largest absolute Gasteiger partial charge is 0.386 e. The van der Waals surface area contributed by atoms with Gasteiger partial charge in [0, 0.05) is 42.4 Å². The number of hydrogen-bond acceptors (Lipinski definition) is 7. The molecule has 0 saturated carbocycles. The number of rotatable bonds is 7. The average Bonchev–Trinajstić information content (AvgIpc) is 3.18. The van der Waals surface area contributed by atoms with E-state index >= 15 is 0 Å². The lowest BCUT2D eigenvalue weighted by atomic mass is 9.96. The number of amides is 1. The molecule has 186 valence electrons. The van der Waals surface area contributed by atoms with Crippen LogP contribution in [-0.2, 0) is 16.7 Å². The molecule has 7 nitrogen and oxygen atoms in total. The minimum Gasteiger partial charge on any atom is -0.386 e. The Bertz CT molecular complexity index is 1290. The van der Waals surface area contributed by atoms with Crippen molar-refractivity contribution >= 4 is 35.2 Å². The number of nitrogens with zero attached hydrogens (tertiary/aromatic N) is 2. The third-order valence-electron chi connectivity index (χ3n) is 6.15. The number of carbonyl (C=O) groups is 1. The van der Waals surface area contributed by atoms with Gasteiger partial charge in [-0.25, -0.2) is 9.37 Å². The molecule has 3 heterocycles. The van der Waals surface area contributed by atoms with Crippen molar-refractivity contribution in [3.63, 3.8) is 0 Å². The SMILES string of the molecule is CC(C)(O)c1ccc(-c2cc(C(N)=O)c(Nc3cccc(CN4CCP(C)(=O)CC4)n3)s2)c(F)c1. The van der Waals surface area contributed by atoms with Gasteiger partial charge in [-0.05, 0) is 50.3 Å². The smallest absolute Gasteiger partial charge is 0.251 e. The number of primary amides is 1. The third kappa shape index (κ3) is 6.16. The fraction of sp³-hybridized carbons (Fsp3) is 0.360. The Balaban J connectivity index is 1.56. The fourth-order valence-electron chi connectivity index (χ4n) is 3.97. The van der Waals surface area contributed by atoms with Crippen LogP contribution in [-0.4, -0.2) is 53.0 Å². The van der Waals surface area contributed by atoms with Gasteiger partial charge in [0.05, 0.1) is 24.0 Å². The van der Waals surface area contributed by atoms with Gasteiger partial charge in [0.15, 0.2) is 0 Å². The van der Waals surface area contributed by atoms with Crippen molar-refractivity contribution in [2.75, 3.05) is 37.4 Å². The van der Waals surface area contributed by atoms with Gasteiger partial charge < -0.3 is 20.7 Å². The molecule has 1 aromatic carbocycles. The Kier molecular flexibility index (Phi) is 7.16. The first-order valence-corrected chi connectivity index (χ1v) is 14.7. The Morgan fingerprint density at radius 3 is 2.60 bits per heavy atom. The van der Waals surface area contributed by atoms with E-state index < -0.39 is 24.5 Å². The summed E-state index contributed by atoms with van der Waals surface area (Å²) in [7, 11) is -1.99. The lowest BCUT2D eigenvalue weighted by Gasteiger charge is -2.30. The highest BCUT2D eigenvalue weighted by molar-refractivity contribution is 7.63. The summed E-state index contributed by atoms with van der Waals surface area (Å²) < 4.78 is 27.1. The van der Waals surface area contributed by atoms with E-state index in [-0.39, 0.29) is 5.56 Å². The van der Waals surface area contributed by atoms with Crippen LogP contribution in [0.3, 0.4) is 0 Å². The van der Waals surface area contributed by atoms with Gasteiger partial charge in [0.2, 0.25) is 0 Å². The standard InChI is InChI=1S/C25H30FN4O3PS/c1-25(2,32)16-7-8-18(20(26)13-16)21-14-19(23(27)31)24(35-21)29-22-6-4-5-17(28-22)15-30-9-11-34(3,33)12-10-30/h4-8,13-14,32H,9-12,15H2,1-3H3,(H2,27,31)(H,28,29). The van der Waals surface area contributed by atoms with Gasteiger partial charge in [0.1, 0.15) is 16.6 Å². The number of aromatic nitrogens is 1. The van der Waals surface area contributed by atoms with Crippen LogP contribution < -0.4 is 11.1 Å². The van der Waals surface area contributed by atoms with Gasteiger partial charge in [0.25, 0.3) is 5.91 Å². The number of thiophene rings is 1. The predicted octanol–water partition coefficient (Wildman–Crippen LogP) is 4.83. The van der Waals surface area contributed by atoms with Crippen LogP contribution in [0, 0.1) is 5.82 Å². The minimum atomic E-state index is -1.99. The first-order chi connectivity index (χ1) is 16.4. The molecule has 0 spiro atoms. The molecule has 35 heavy (non-hydrogen) atoms. The van der Waals surface area contributed by atoms with Crippen molar-refractivity contribution in [2.45, 2.75) is 26.0 Å².